The predicted molar refractivity (Wildman–Crippen MR) is 459 cm³/mol. The van der Waals surface area contributed by atoms with Gasteiger partial charge in [0.2, 0.25) is 0 Å². The van der Waals surface area contributed by atoms with E-state index < -0.39 is 0 Å². The van der Waals surface area contributed by atoms with E-state index in [0.29, 0.717) is 0 Å². The number of nitrogens with zero attached hydrogens (tertiary/aromatic N) is 4. The van der Waals surface area contributed by atoms with Crippen LogP contribution in [-0.4, -0.2) is 19.9 Å². The molecule has 0 bridgehead atoms. The molecule has 12 aromatic rings. The molecule has 0 spiro atoms. The molecule has 4 aromatic heterocycles. The van der Waals surface area contributed by atoms with Gasteiger partial charge in [-0.2, -0.15) is 0 Å². The average Bonchev–Trinajstić information content (AvgIpc) is 1.57. The Kier molecular flexibility index (Phi) is 31.0. The summed E-state index contributed by atoms with van der Waals surface area (Å²) in [7, 11) is 0. The summed E-state index contributed by atoms with van der Waals surface area (Å²) < 4.78 is 0. The van der Waals surface area contributed by atoms with Crippen molar-refractivity contribution in [1.29, 1.82) is 0 Å². The number of hydrogen-bond donors (Lipinski definition) is 0. The number of benzene rings is 8. The van der Waals surface area contributed by atoms with Crippen molar-refractivity contribution in [3.63, 3.8) is 0 Å². The Morgan fingerprint density at radius 3 is 1.03 bits per heavy atom. The van der Waals surface area contributed by atoms with Crippen molar-refractivity contribution >= 4 is 0 Å². The van der Waals surface area contributed by atoms with Crippen LogP contribution < -0.4 is 0 Å². The number of fused-ring (bicyclic) bond motifs is 6. The van der Waals surface area contributed by atoms with Crippen molar-refractivity contribution < 1.29 is 20.1 Å². The third kappa shape index (κ3) is 20.9. The average molecular weight is 1610 g/mol. The molecule has 0 saturated carbocycles. The molecule has 560 valence electrons. The van der Waals surface area contributed by atoms with Crippen LogP contribution in [0.25, 0.3) is 101 Å². The normalized spacial score (nSPS) is 12.5. The Morgan fingerprint density at radius 2 is 0.624 bits per heavy atom. The molecule has 0 radical (unpaired) electrons. The fourth-order valence-corrected chi connectivity index (χ4v) is 16.9. The van der Waals surface area contributed by atoms with Crippen molar-refractivity contribution in [3.8, 4) is 101 Å². The summed E-state index contributed by atoms with van der Waals surface area (Å²) in [5.74, 6) is 0. The molecule has 4 nitrogen and oxygen atoms in total. The van der Waals surface area contributed by atoms with Gasteiger partial charge in [0.1, 0.15) is 0 Å². The number of rotatable bonds is 35. The molecular formula is C104H115IrN4. The van der Waals surface area contributed by atoms with Crippen LogP contribution in [0.3, 0.4) is 0 Å². The molecule has 0 aliphatic heterocycles. The van der Waals surface area contributed by atoms with Crippen molar-refractivity contribution in [2.24, 2.45) is 0 Å². The van der Waals surface area contributed by atoms with Gasteiger partial charge in [-0.1, -0.05) is 326 Å². The van der Waals surface area contributed by atoms with Crippen LogP contribution in [0.1, 0.15) is 241 Å². The van der Waals surface area contributed by atoms with E-state index in [2.05, 4.69) is 215 Å². The molecule has 0 amide bonds. The summed E-state index contributed by atoms with van der Waals surface area (Å²) in [6.45, 7) is 13.7. The zero-order chi connectivity index (χ0) is 74.6. The Morgan fingerprint density at radius 1 is 0.266 bits per heavy atom. The summed E-state index contributed by atoms with van der Waals surface area (Å²) >= 11 is 0. The van der Waals surface area contributed by atoms with Crippen LogP contribution in [0.15, 0.2) is 249 Å². The maximum Gasteiger partial charge on any atom is 3.00 e. The number of aryl methyl sites for hydroxylation is 2. The molecular weight excluding hydrogens is 1500 g/mol. The van der Waals surface area contributed by atoms with Crippen LogP contribution >= 0.6 is 0 Å². The van der Waals surface area contributed by atoms with Gasteiger partial charge in [0.25, 0.3) is 0 Å². The third-order valence-electron chi connectivity index (χ3n) is 22.9. The minimum absolute atomic E-state index is 0. The van der Waals surface area contributed by atoms with Crippen LogP contribution in [0.4, 0.5) is 0 Å². The zero-order valence-corrected chi connectivity index (χ0v) is 68.5. The molecule has 14 rings (SSSR count). The molecule has 2 aliphatic rings. The molecule has 109 heavy (non-hydrogen) atoms. The number of unbranched alkanes of at least 4 members (excludes halogenated alkanes) is 20. The monoisotopic (exact) mass is 1610 g/mol. The van der Waals surface area contributed by atoms with Crippen LogP contribution in [0.5, 0.6) is 0 Å². The predicted octanol–water partition coefficient (Wildman–Crippen LogP) is 29.9. The Hall–Kier alpha value is -8.99. The fraction of sp³-hybridized carbons (Fsp3) is 0.346. The quantitative estimate of drug-likeness (QED) is 0.0293. The minimum atomic E-state index is -0.0537. The molecule has 0 N–H and O–H groups in total. The Labute approximate surface area is 669 Å². The molecule has 0 fully saturated rings. The van der Waals surface area contributed by atoms with E-state index >= 15 is 0 Å². The first-order chi connectivity index (χ1) is 53.2. The van der Waals surface area contributed by atoms with Gasteiger partial charge in [-0.25, -0.2) is 0 Å². The van der Waals surface area contributed by atoms with Gasteiger partial charge in [0.05, 0.1) is 5.69 Å². The van der Waals surface area contributed by atoms with E-state index in [9.17, 15) is 0 Å². The first kappa shape index (κ1) is 81.0. The smallest absolute Gasteiger partial charge is 0.305 e. The number of hydrogen-bond acceptors (Lipinski definition) is 4. The van der Waals surface area contributed by atoms with Crippen molar-refractivity contribution in [2.75, 3.05) is 0 Å². The zero-order valence-electron chi connectivity index (χ0n) is 66.1. The van der Waals surface area contributed by atoms with E-state index in [1.54, 1.807) is 23.5 Å². The molecule has 8 aromatic carbocycles. The van der Waals surface area contributed by atoms with Crippen molar-refractivity contribution in [2.45, 2.75) is 232 Å². The maximum atomic E-state index is 5.23. The Bertz CT molecular complexity index is 4480. The van der Waals surface area contributed by atoms with E-state index in [4.69, 9.17) is 9.97 Å². The first-order valence-corrected chi connectivity index (χ1v) is 41.6. The number of pyridine rings is 4. The van der Waals surface area contributed by atoms with Gasteiger partial charge in [-0.05, 0) is 154 Å². The largest absolute Gasteiger partial charge is 3.00 e. The summed E-state index contributed by atoms with van der Waals surface area (Å²) in [5.41, 5.74) is 30.3. The summed E-state index contributed by atoms with van der Waals surface area (Å²) in [6, 6.07) is 91.6. The molecule has 2 aliphatic carbocycles. The van der Waals surface area contributed by atoms with E-state index in [1.807, 2.05) is 91.1 Å². The first-order valence-electron chi connectivity index (χ1n) is 41.6. The Balaban J connectivity index is 0.000000395. The van der Waals surface area contributed by atoms with E-state index in [0.717, 1.165) is 45.0 Å². The van der Waals surface area contributed by atoms with Crippen molar-refractivity contribution in [1.82, 2.24) is 19.9 Å². The van der Waals surface area contributed by atoms with E-state index in [1.165, 1.54) is 258 Å². The molecule has 4 heterocycles. The summed E-state index contributed by atoms with van der Waals surface area (Å²) in [5, 5.41) is 0. The minimum Gasteiger partial charge on any atom is -0.305 e. The van der Waals surface area contributed by atoms with Gasteiger partial charge in [0.15, 0.2) is 0 Å². The van der Waals surface area contributed by atoms with Gasteiger partial charge in [-0.15, -0.1) is 102 Å². The second kappa shape index (κ2) is 41.7. The van der Waals surface area contributed by atoms with Crippen molar-refractivity contribution in [3.05, 3.63) is 301 Å². The molecule has 0 atom stereocenters. The van der Waals surface area contributed by atoms with E-state index in [-0.39, 0.29) is 30.9 Å². The SMILES string of the molecule is CCCCCCCCC1(CCCCCCCC)c2cc(C)ccc2-c2ccc(-c3ccc(-c4ccc(-c5ccc6c(c5)C(CCCCCCCC)(CCCCCCCC)c5cc(-c7c[c-]c(-c8ccc(C)cn8)cc7)ccc5-6)cn4)cc3)cc21.[Ir+3].[c-]1ccccc1-c1ccccn1.[c-]1ccccc1-c1ccccn1. The van der Waals surface area contributed by atoms with Gasteiger partial charge >= 0.3 is 20.1 Å². The summed E-state index contributed by atoms with van der Waals surface area (Å²) in [4.78, 5) is 18.4. The van der Waals surface area contributed by atoms with Gasteiger partial charge in [-0.3, -0.25) is 4.98 Å². The second-order valence-electron chi connectivity index (χ2n) is 30.8. The summed E-state index contributed by atoms with van der Waals surface area (Å²) in [6.07, 6.45) is 44.1. The maximum absolute atomic E-state index is 5.23. The number of aromatic nitrogens is 4. The molecule has 0 saturated heterocycles. The van der Waals surface area contributed by atoms with Crippen LogP contribution in [0, 0.1) is 32.0 Å². The van der Waals surface area contributed by atoms with Gasteiger partial charge < -0.3 is 15.0 Å². The third-order valence-corrected chi connectivity index (χ3v) is 22.9. The fourth-order valence-electron chi connectivity index (χ4n) is 16.9. The topological polar surface area (TPSA) is 51.6 Å². The van der Waals surface area contributed by atoms with Gasteiger partial charge in [0, 0.05) is 46.7 Å². The molecule has 5 heteroatoms. The molecule has 0 unspecified atom stereocenters. The van der Waals surface area contributed by atoms with Crippen LogP contribution in [-0.2, 0) is 30.9 Å². The standard InChI is InChI=1S/C82H99N2.2C11H8N.Ir/c1-7-11-15-19-23-27-51-81(52-28-24-20-16-12-8-2)75-55-61(5)31-45-71(75)72-46-41-67(56-76(72)81)64-35-39-66(40-36-64)80-50-44-70(60-84-80)69-43-48-74-73-47-42-68(63-33-37-65(38-34-63)79-49-32-62(6)59-83-79)57-77(73)82(78(74)58-69,53-29-25-21-17-13-9-3)54-30-26-22-18-14-10-4;2*1-2-6-10(7-3-1)11-8-4-5-9-12-11;/h31-37,39-50,55-60H,7-30,51-54H2,1-6H3;2*1-6,8-9H;/q3*-1;+3. The van der Waals surface area contributed by atoms with Crippen LogP contribution in [0.2, 0.25) is 0 Å². The second-order valence-corrected chi connectivity index (χ2v) is 30.8.